The van der Waals surface area contributed by atoms with Crippen LogP contribution in [0.2, 0.25) is 5.02 Å². The highest BCUT2D eigenvalue weighted by Crippen LogP contribution is 2.15. The Morgan fingerprint density at radius 3 is 3.00 bits per heavy atom. The van der Waals surface area contributed by atoms with E-state index in [2.05, 4.69) is 4.98 Å². The molecule has 1 aromatic heterocycles. The molecule has 62 valence electrons. The lowest BCUT2D eigenvalue weighted by molar-refractivity contribution is 0.891. The molecule has 0 aliphatic carbocycles. The number of H-pyrrole nitrogens is 1. The first kappa shape index (κ1) is 7.43. The van der Waals surface area contributed by atoms with E-state index < -0.39 is 0 Å². The molecule has 2 rings (SSSR count). The van der Waals surface area contributed by atoms with Crippen molar-refractivity contribution in [2.24, 2.45) is 7.05 Å². The summed E-state index contributed by atoms with van der Waals surface area (Å²) in [5, 5.41) is 0.629. The van der Waals surface area contributed by atoms with Crippen LogP contribution >= 0.6 is 11.6 Å². The van der Waals surface area contributed by atoms with Gasteiger partial charge in [-0.25, -0.2) is 4.79 Å². The van der Waals surface area contributed by atoms with Crippen molar-refractivity contribution in [1.82, 2.24) is 9.55 Å². The fourth-order valence-corrected chi connectivity index (χ4v) is 1.38. The molecule has 0 bridgehead atoms. The Balaban J connectivity index is 2.96. The van der Waals surface area contributed by atoms with Crippen LogP contribution in [-0.2, 0) is 7.05 Å². The Morgan fingerprint density at radius 2 is 2.25 bits per heavy atom. The zero-order valence-electron chi connectivity index (χ0n) is 6.47. The predicted octanol–water partition coefficient (Wildman–Crippen LogP) is 1.52. The van der Waals surface area contributed by atoms with E-state index in [-0.39, 0.29) is 5.69 Å². The van der Waals surface area contributed by atoms with Gasteiger partial charge >= 0.3 is 5.69 Å². The first-order valence-electron chi connectivity index (χ1n) is 3.53. The lowest BCUT2D eigenvalue weighted by atomic mass is 10.3. The second-order valence-corrected chi connectivity index (χ2v) is 3.09. The molecule has 0 amide bonds. The summed E-state index contributed by atoms with van der Waals surface area (Å²) in [4.78, 5) is 13.8. The molecule has 0 saturated heterocycles. The highest BCUT2D eigenvalue weighted by molar-refractivity contribution is 6.31. The summed E-state index contributed by atoms with van der Waals surface area (Å²) in [7, 11) is 1.72. The van der Waals surface area contributed by atoms with Crippen LogP contribution in [0, 0.1) is 0 Å². The SMILES string of the molecule is Cn1c(=O)[nH]c2cc(Cl)ccc21. The number of hydrogen-bond acceptors (Lipinski definition) is 1. The summed E-state index contributed by atoms with van der Waals surface area (Å²) < 4.78 is 1.55. The van der Waals surface area contributed by atoms with E-state index >= 15 is 0 Å². The molecule has 0 saturated carbocycles. The lowest BCUT2D eigenvalue weighted by Crippen LogP contribution is -2.11. The minimum absolute atomic E-state index is 0.118. The number of nitrogens with zero attached hydrogens (tertiary/aromatic N) is 1. The van der Waals surface area contributed by atoms with Gasteiger partial charge in [-0.3, -0.25) is 4.57 Å². The van der Waals surface area contributed by atoms with E-state index in [1.807, 2.05) is 6.07 Å². The van der Waals surface area contributed by atoms with Gasteiger partial charge in [-0.1, -0.05) is 11.6 Å². The van der Waals surface area contributed by atoms with E-state index in [9.17, 15) is 4.79 Å². The van der Waals surface area contributed by atoms with Crippen molar-refractivity contribution >= 4 is 22.6 Å². The van der Waals surface area contributed by atoms with Crippen LogP contribution in [0.1, 0.15) is 0 Å². The number of aromatic nitrogens is 2. The van der Waals surface area contributed by atoms with Crippen molar-refractivity contribution in [1.29, 1.82) is 0 Å². The predicted molar refractivity (Wildman–Crippen MR) is 48.5 cm³/mol. The van der Waals surface area contributed by atoms with Gasteiger partial charge in [-0.15, -0.1) is 0 Å². The van der Waals surface area contributed by atoms with Crippen molar-refractivity contribution in [3.63, 3.8) is 0 Å². The van der Waals surface area contributed by atoms with Gasteiger partial charge in [0, 0.05) is 12.1 Å². The van der Waals surface area contributed by atoms with Crippen LogP contribution in [0.5, 0.6) is 0 Å². The van der Waals surface area contributed by atoms with E-state index in [1.54, 1.807) is 23.7 Å². The van der Waals surface area contributed by atoms with Crippen LogP contribution in [0.15, 0.2) is 23.0 Å². The molecule has 3 nitrogen and oxygen atoms in total. The number of hydrogen-bond donors (Lipinski definition) is 1. The van der Waals surface area contributed by atoms with Crippen molar-refractivity contribution in [3.8, 4) is 0 Å². The number of halogens is 1. The third-order valence-corrected chi connectivity index (χ3v) is 2.10. The molecular formula is C8H7ClN2O. The Labute approximate surface area is 73.6 Å². The molecule has 2 aromatic rings. The normalized spacial score (nSPS) is 10.8. The molecule has 0 fully saturated rings. The monoisotopic (exact) mass is 182 g/mol. The van der Waals surface area contributed by atoms with Gasteiger partial charge in [0.15, 0.2) is 0 Å². The van der Waals surface area contributed by atoms with Gasteiger partial charge < -0.3 is 4.98 Å². The largest absolute Gasteiger partial charge is 0.326 e. The Hall–Kier alpha value is -1.22. The Kier molecular flexibility index (Phi) is 1.48. The topological polar surface area (TPSA) is 37.8 Å². The molecule has 0 radical (unpaired) electrons. The van der Waals surface area contributed by atoms with E-state index in [4.69, 9.17) is 11.6 Å². The molecule has 12 heavy (non-hydrogen) atoms. The first-order valence-corrected chi connectivity index (χ1v) is 3.90. The number of imidazole rings is 1. The Bertz CT molecular complexity index is 483. The zero-order chi connectivity index (χ0) is 8.72. The van der Waals surface area contributed by atoms with E-state index in [1.165, 1.54) is 0 Å². The third-order valence-electron chi connectivity index (χ3n) is 1.87. The van der Waals surface area contributed by atoms with Crippen LogP contribution in [0.25, 0.3) is 11.0 Å². The van der Waals surface area contributed by atoms with Gasteiger partial charge in [0.05, 0.1) is 11.0 Å². The van der Waals surface area contributed by atoms with E-state index in [0.29, 0.717) is 5.02 Å². The molecule has 1 N–H and O–H groups in total. The van der Waals surface area contributed by atoms with Crippen LogP contribution in [-0.4, -0.2) is 9.55 Å². The third kappa shape index (κ3) is 0.940. The maximum Gasteiger partial charge on any atom is 0.326 e. The standard InChI is InChI=1S/C8H7ClN2O/c1-11-7-3-2-5(9)4-6(7)10-8(11)12/h2-4H,1H3,(H,10,12). The van der Waals surface area contributed by atoms with Crippen molar-refractivity contribution in [2.75, 3.05) is 0 Å². The smallest absolute Gasteiger partial charge is 0.305 e. The van der Waals surface area contributed by atoms with Gasteiger partial charge in [0.2, 0.25) is 0 Å². The maximum atomic E-state index is 11.1. The first-order chi connectivity index (χ1) is 5.68. The maximum absolute atomic E-state index is 11.1. The zero-order valence-corrected chi connectivity index (χ0v) is 7.22. The molecule has 0 aliphatic rings. The van der Waals surface area contributed by atoms with Gasteiger partial charge in [-0.2, -0.15) is 0 Å². The summed E-state index contributed by atoms with van der Waals surface area (Å²) in [6.45, 7) is 0. The molecule has 1 aromatic carbocycles. The quantitative estimate of drug-likeness (QED) is 0.659. The second-order valence-electron chi connectivity index (χ2n) is 2.65. The molecule has 0 unspecified atom stereocenters. The molecule has 0 atom stereocenters. The second kappa shape index (κ2) is 2.38. The number of fused-ring (bicyclic) bond motifs is 1. The average molecular weight is 183 g/mol. The number of aromatic amines is 1. The summed E-state index contributed by atoms with van der Waals surface area (Å²) in [6, 6.07) is 5.31. The van der Waals surface area contributed by atoms with Gasteiger partial charge in [-0.05, 0) is 18.2 Å². The summed E-state index contributed by atoms with van der Waals surface area (Å²) >= 11 is 5.75. The molecule has 0 spiro atoms. The number of nitrogens with one attached hydrogen (secondary N) is 1. The van der Waals surface area contributed by atoms with Crippen LogP contribution < -0.4 is 5.69 Å². The molecule has 0 aliphatic heterocycles. The van der Waals surface area contributed by atoms with E-state index in [0.717, 1.165) is 11.0 Å². The summed E-state index contributed by atoms with van der Waals surface area (Å²) in [6.07, 6.45) is 0. The van der Waals surface area contributed by atoms with Crippen molar-refractivity contribution in [3.05, 3.63) is 33.7 Å². The van der Waals surface area contributed by atoms with Gasteiger partial charge in [0.1, 0.15) is 0 Å². The highest BCUT2D eigenvalue weighted by atomic mass is 35.5. The summed E-state index contributed by atoms with van der Waals surface area (Å²) in [5.74, 6) is 0. The molecule has 1 heterocycles. The number of rotatable bonds is 0. The summed E-state index contributed by atoms with van der Waals surface area (Å²) in [5.41, 5.74) is 1.52. The van der Waals surface area contributed by atoms with Gasteiger partial charge in [0.25, 0.3) is 0 Å². The minimum Gasteiger partial charge on any atom is -0.305 e. The van der Waals surface area contributed by atoms with Crippen LogP contribution in [0.3, 0.4) is 0 Å². The molecule has 4 heteroatoms. The lowest BCUT2D eigenvalue weighted by Gasteiger charge is -1.92. The average Bonchev–Trinajstić information content (AvgIpc) is 2.28. The number of aryl methyl sites for hydroxylation is 1. The Morgan fingerprint density at radius 1 is 1.50 bits per heavy atom. The van der Waals surface area contributed by atoms with Crippen molar-refractivity contribution < 1.29 is 0 Å². The number of benzene rings is 1. The van der Waals surface area contributed by atoms with Crippen molar-refractivity contribution in [2.45, 2.75) is 0 Å². The molecular weight excluding hydrogens is 176 g/mol. The van der Waals surface area contributed by atoms with Crippen LogP contribution in [0.4, 0.5) is 0 Å². The fourth-order valence-electron chi connectivity index (χ4n) is 1.21. The fraction of sp³-hybridized carbons (Fsp3) is 0.125. The minimum atomic E-state index is -0.118. The highest BCUT2D eigenvalue weighted by Gasteiger charge is 2.01.